The Morgan fingerprint density at radius 1 is 1.12 bits per heavy atom. The van der Waals surface area contributed by atoms with Crippen LogP contribution in [0.1, 0.15) is 5.56 Å². The van der Waals surface area contributed by atoms with Gasteiger partial charge in [0.25, 0.3) is 0 Å². The molecule has 0 aliphatic heterocycles. The molecule has 5 nitrogen and oxygen atoms in total. The van der Waals surface area contributed by atoms with Crippen LogP contribution in [-0.2, 0) is 6.61 Å². The first-order valence-electron chi connectivity index (χ1n) is 7.64. The lowest BCUT2D eigenvalue weighted by Crippen LogP contribution is -2.02. The van der Waals surface area contributed by atoms with Crippen molar-refractivity contribution in [3.05, 3.63) is 70.9 Å². The van der Waals surface area contributed by atoms with Crippen LogP contribution in [0.25, 0.3) is 22.3 Å². The SMILES string of the molecule is Fc1ccc(COc2ncc3c(-c4ccccc4Cl)[nH]nc3n2)c(F)c1. The van der Waals surface area contributed by atoms with Crippen LogP contribution < -0.4 is 4.74 Å². The van der Waals surface area contributed by atoms with Gasteiger partial charge < -0.3 is 4.74 Å². The summed E-state index contributed by atoms with van der Waals surface area (Å²) in [5, 5.41) is 8.29. The third kappa shape index (κ3) is 3.09. The molecule has 2 aromatic carbocycles. The van der Waals surface area contributed by atoms with Crippen LogP contribution in [0.5, 0.6) is 6.01 Å². The number of benzene rings is 2. The third-order valence-corrected chi connectivity index (χ3v) is 4.13. The molecule has 0 saturated carbocycles. The zero-order valence-corrected chi connectivity index (χ0v) is 14.0. The molecule has 0 fully saturated rings. The summed E-state index contributed by atoms with van der Waals surface area (Å²) in [4.78, 5) is 8.32. The third-order valence-electron chi connectivity index (χ3n) is 3.80. The second-order valence-corrected chi connectivity index (χ2v) is 5.90. The fourth-order valence-corrected chi connectivity index (χ4v) is 2.74. The Bertz CT molecular complexity index is 1100. The van der Waals surface area contributed by atoms with Gasteiger partial charge in [-0.15, -0.1) is 0 Å². The average Bonchev–Trinajstić information content (AvgIpc) is 3.04. The summed E-state index contributed by atoms with van der Waals surface area (Å²) in [5.41, 5.74) is 2.07. The van der Waals surface area contributed by atoms with Gasteiger partial charge in [0.05, 0.1) is 11.1 Å². The van der Waals surface area contributed by atoms with E-state index in [9.17, 15) is 8.78 Å². The van der Waals surface area contributed by atoms with Gasteiger partial charge in [-0.05, 0) is 18.2 Å². The van der Waals surface area contributed by atoms with Crippen molar-refractivity contribution < 1.29 is 13.5 Å². The quantitative estimate of drug-likeness (QED) is 0.571. The Kier molecular flexibility index (Phi) is 4.22. The highest BCUT2D eigenvalue weighted by Gasteiger charge is 2.13. The molecule has 26 heavy (non-hydrogen) atoms. The van der Waals surface area contributed by atoms with Crippen molar-refractivity contribution in [1.82, 2.24) is 20.2 Å². The number of aromatic nitrogens is 4. The first kappa shape index (κ1) is 16.4. The van der Waals surface area contributed by atoms with Gasteiger partial charge in [-0.1, -0.05) is 29.8 Å². The topological polar surface area (TPSA) is 63.7 Å². The molecule has 8 heteroatoms. The van der Waals surface area contributed by atoms with Gasteiger partial charge in [-0.3, -0.25) is 5.10 Å². The van der Waals surface area contributed by atoms with Crippen LogP contribution in [0.2, 0.25) is 5.02 Å². The number of halogens is 3. The van der Waals surface area contributed by atoms with Gasteiger partial charge in [0.2, 0.25) is 0 Å². The lowest BCUT2D eigenvalue weighted by atomic mass is 10.1. The maximum atomic E-state index is 13.6. The number of hydrogen-bond donors (Lipinski definition) is 1. The van der Waals surface area contributed by atoms with Crippen LogP contribution in [0.4, 0.5) is 8.78 Å². The van der Waals surface area contributed by atoms with Crippen LogP contribution in [0, 0.1) is 11.6 Å². The molecule has 2 aromatic heterocycles. The Morgan fingerprint density at radius 3 is 2.77 bits per heavy atom. The Morgan fingerprint density at radius 2 is 1.96 bits per heavy atom. The van der Waals surface area contributed by atoms with E-state index in [-0.39, 0.29) is 18.2 Å². The van der Waals surface area contributed by atoms with E-state index in [1.807, 2.05) is 18.2 Å². The van der Waals surface area contributed by atoms with Crippen molar-refractivity contribution >= 4 is 22.6 Å². The molecule has 1 N–H and O–H groups in total. The zero-order valence-electron chi connectivity index (χ0n) is 13.2. The maximum Gasteiger partial charge on any atom is 0.318 e. The molecule has 130 valence electrons. The molecule has 0 aliphatic carbocycles. The summed E-state index contributed by atoms with van der Waals surface area (Å²) in [7, 11) is 0. The second kappa shape index (κ2) is 6.68. The minimum absolute atomic E-state index is 0.0402. The lowest BCUT2D eigenvalue weighted by molar-refractivity contribution is 0.276. The minimum Gasteiger partial charge on any atom is -0.458 e. The second-order valence-electron chi connectivity index (χ2n) is 5.49. The molecule has 0 bridgehead atoms. The average molecular weight is 373 g/mol. The van der Waals surface area contributed by atoms with E-state index in [1.165, 1.54) is 6.07 Å². The molecule has 0 unspecified atom stereocenters. The van der Waals surface area contributed by atoms with Crippen molar-refractivity contribution in [2.75, 3.05) is 0 Å². The van der Waals surface area contributed by atoms with E-state index in [2.05, 4.69) is 20.2 Å². The van der Waals surface area contributed by atoms with Gasteiger partial charge in [0, 0.05) is 28.4 Å². The Hall–Kier alpha value is -3.06. The molecular formula is C18H11ClF2N4O. The van der Waals surface area contributed by atoms with Crippen LogP contribution in [0.15, 0.2) is 48.7 Å². The van der Waals surface area contributed by atoms with Gasteiger partial charge in [0.15, 0.2) is 5.65 Å². The Balaban J connectivity index is 1.60. The molecular weight excluding hydrogens is 362 g/mol. The number of H-pyrrole nitrogens is 1. The van der Waals surface area contributed by atoms with Gasteiger partial charge in [-0.2, -0.15) is 10.1 Å². The lowest BCUT2D eigenvalue weighted by Gasteiger charge is -2.05. The van der Waals surface area contributed by atoms with Crippen molar-refractivity contribution in [2.45, 2.75) is 6.61 Å². The number of hydrogen-bond acceptors (Lipinski definition) is 4. The van der Waals surface area contributed by atoms with E-state index in [4.69, 9.17) is 16.3 Å². The fourth-order valence-electron chi connectivity index (χ4n) is 2.51. The summed E-state index contributed by atoms with van der Waals surface area (Å²) in [5.74, 6) is -1.33. The van der Waals surface area contributed by atoms with Gasteiger partial charge in [-0.25, -0.2) is 13.8 Å². The van der Waals surface area contributed by atoms with Crippen LogP contribution >= 0.6 is 11.6 Å². The van der Waals surface area contributed by atoms with Gasteiger partial charge in [0.1, 0.15) is 18.2 Å². The molecule has 0 radical (unpaired) electrons. The highest BCUT2D eigenvalue weighted by molar-refractivity contribution is 6.33. The number of fused-ring (bicyclic) bond motifs is 1. The highest BCUT2D eigenvalue weighted by atomic mass is 35.5. The standard InChI is InChI=1S/C18H11ClF2N4O/c19-14-4-2-1-3-12(14)16-13-8-22-18(23-17(13)25-24-16)26-9-10-5-6-11(20)7-15(10)21/h1-8H,9H2,(H,22,23,24,25). The predicted octanol–water partition coefficient (Wildman–Crippen LogP) is 4.53. The molecule has 0 amide bonds. The van der Waals surface area contributed by atoms with E-state index in [1.54, 1.807) is 12.3 Å². The van der Waals surface area contributed by atoms with Crippen molar-refractivity contribution in [3.8, 4) is 17.3 Å². The van der Waals surface area contributed by atoms with Crippen LogP contribution in [0.3, 0.4) is 0 Å². The molecule has 0 atom stereocenters. The summed E-state index contributed by atoms with van der Waals surface area (Å²) in [6.45, 7) is -0.126. The minimum atomic E-state index is -0.688. The number of ether oxygens (including phenoxy) is 1. The predicted molar refractivity (Wildman–Crippen MR) is 92.8 cm³/mol. The first-order chi connectivity index (χ1) is 12.6. The van der Waals surface area contributed by atoms with Crippen molar-refractivity contribution in [2.24, 2.45) is 0 Å². The summed E-state index contributed by atoms with van der Waals surface area (Å²) >= 11 is 6.22. The van der Waals surface area contributed by atoms with Gasteiger partial charge >= 0.3 is 6.01 Å². The van der Waals surface area contributed by atoms with Crippen molar-refractivity contribution in [1.29, 1.82) is 0 Å². The molecule has 4 aromatic rings. The van der Waals surface area contributed by atoms with E-state index >= 15 is 0 Å². The summed E-state index contributed by atoms with van der Waals surface area (Å²) in [6, 6.07) is 10.6. The van der Waals surface area contributed by atoms with E-state index in [0.29, 0.717) is 21.7 Å². The molecule has 0 aliphatic rings. The number of nitrogens with zero attached hydrogens (tertiary/aromatic N) is 3. The highest BCUT2D eigenvalue weighted by Crippen LogP contribution is 2.31. The number of aromatic amines is 1. The maximum absolute atomic E-state index is 13.6. The molecule has 0 saturated heterocycles. The summed E-state index contributed by atoms with van der Waals surface area (Å²) in [6.07, 6.45) is 1.56. The summed E-state index contributed by atoms with van der Waals surface area (Å²) < 4.78 is 32.0. The van der Waals surface area contributed by atoms with Crippen molar-refractivity contribution in [3.63, 3.8) is 0 Å². The molecule has 0 spiro atoms. The molecule has 2 heterocycles. The fraction of sp³-hybridized carbons (Fsp3) is 0.0556. The zero-order chi connectivity index (χ0) is 18.1. The smallest absolute Gasteiger partial charge is 0.318 e. The monoisotopic (exact) mass is 372 g/mol. The normalized spacial score (nSPS) is 11.0. The number of rotatable bonds is 4. The number of nitrogens with one attached hydrogen (secondary N) is 1. The van der Waals surface area contributed by atoms with Crippen LogP contribution in [-0.4, -0.2) is 20.2 Å². The van der Waals surface area contributed by atoms with E-state index < -0.39 is 11.6 Å². The van der Waals surface area contributed by atoms with E-state index in [0.717, 1.165) is 17.7 Å². The Labute approximate surface area is 151 Å². The first-order valence-corrected chi connectivity index (χ1v) is 8.02. The molecule has 4 rings (SSSR count). The largest absolute Gasteiger partial charge is 0.458 e.